The van der Waals surface area contributed by atoms with Crippen LogP contribution in [0.25, 0.3) is 0 Å². The summed E-state index contributed by atoms with van der Waals surface area (Å²) in [6, 6.07) is 0.729. The van der Waals surface area contributed by atoms with Crippen LogP contribution in [-0.4, -0.2) is 51.3 Å². The zero-order valence-corrected chi connectivity index (χ0v) is 8.88. The van der Waals surface area contributed by atoms with Gasteiger partial charge < -0.3 is 15.0 Å². The van der Waals surface area contributed by atoms with Gasteiger partial charge in [-0.05, 0) is 32.9 Å². The maximum Gasteiger partial charge on any atom is 0.0474 e. The highest BCUT2D eigenvalue weighted by molar-refractivity contribution is 4.76. The van der Waals surface area contributed by atoms with Crippen LogP contribution >= 0.6 is 0 Å². The van der Waals surface area contributed by atoms with Crippen molar-refractivity contribution in [2.75, 3.05) is 40.4 Å². The smallest absolute Gasteiger partial charge is 0.0474 e. The molecule has 1 aliphatic rings. The van der Waals surface area contributed by atoms with Crippen molar-refractivity contribution in [1.82, 2.24) is 10.2 Å². The fourth-order valence-electron chi connectivity index (χ4n) is 1.86. The summed E-state index contributed by atoms with van der Waals surface area (Å²) in [7, 11) is 3.95. The van der Waals surface area contributed by atoms with Crippen LogP contribution in [0.1, 0.15) is 19.3 Å². The first-order valence-electron chi connectivity index (χ1n) is 5.24. The standard InChI is InChI=1S/C10H22N2O/c1-12(7-4-8-13-2)9-10-5-3-6-11-10/h10-11H,3-9H2,1-2H3. The first-order chi connectivity index (χ1) is 6.33. The second kappa shape index (κ2) is 6.35. The summed E-state index contributed by atoms with van der Waals surface area (Å²) >= 11 is 0. The molecule has 0 radical (unpaired) electrons. The van der Waals surface area contributed by atoms with Crippen molar-refractivity contribution in [2.24, 2.45) is 0 Å². The Labute approximate surface area is 81.4 Å². The van der Waals surface area contributed by atoms with E-state index in [1.54, 1.807) is 7.11 Å². The van der Waals surface area contributed by atoms with E-state index in [-0.39, 0.29) is 0 Å². The SMILES string of the molecule is COCCCN(C)CC1CCCN1. The van der Waals surface area contributed by atoms with Gasteiger partial charge in [0.2, 0.25) is 0 Å². The average molecular weight is 186 g/mol. The number of hydrogen-bond acceptors (Lipinski definition) is 3. The first kappa shape index (κ1) is 11.0. The van der Waals surface area contributed by atoms with E-state index in [4.69, 9.17) is 4.74 Å². The zero-order valence-electron chi connectivity index (χ0n) is 8.88. The van der Waals surface area contributed by atoms with Crippen molar-refractivity contribution in [3.8, 4) is 0 Å². The van der Waals surface area contributed by atoms with Crippen molar-refractivity contribution in [1.29, 1.82) is 0 Å². The van der Waals surface area contributed by atoms with Gasteiger partial charge in [-0.15, -0.1) is 0 Å². The van der Waals surface area contributed by atoms with Gasteiger partial charge in [0.15, 0.2) is 0 Å². The molecule has 0 aromatic heterocycles. The molecule has 3 nitrogen and oxygen atoms in total. The lowest BCUT2D eigenvalue weighted by atomic mass is 10.2. The van der Waals surface area contributed by atoms with E-state index >= 15 is 0 Å². The number of rotatable bonds is 6. The Morgan fingerprint density at radius 3 is 3.00 bits per heavy atom. The van der Waals surface area contributed by atoms with Gasteiger partial charge >= 0.3 is 0 Å². The molecule has 1 heterocycles. The van der Waals surface area contributed by atoms with Crippen molar-refractivity contribution in [2.45, 2.75) is 25.3 Å². The quantitative estimate of drug-likeness (QED) is 0.618. The maximum atomic E-state index is 5.02. The predicted octanol–water partition coefficient (Wildman–Crippen LogP) is 0.707. The molecule has 0 amide bonds. The highest BCUT2D eigenvalue weighted by Crippen LogP contribution is 2.05. The van der Waals surface area contributed by atoms with Gasteiger partial charge in [-0.25, -0.2) is 0 Å². The zero-order chi connectivity index (χ0) is 9.52. The largest absolute Gasteiger partial charge is 0.385 e. The third-order valence-corrected chi connectivity index (χ3v) is 2.58. The Hall–Kier alpha value is -0.120. The van der Waals surface area contributed by atoms with Crippen molar-refractivity contribution in [3.63, 3.8) is 0 Å². The molecule has 0 aliphatic carbocycles. The van der Waals surface area contributed by atoms with Gasteiger partial charge in [0.1, 0.15) is 0 Å². The summed E-state index contributed by atoms with van der Waals surface area (Å²) in [5, 5.41) is 3.50. The molecule has 1 aliphatic heterocycles. The molecule has 0 aromatic rings. The molecule has 1 N–H and O–H groups in total. The van der Waals surface area contributed by atoms with Crippen LogP contribution in [0.5, 0.6) is 0 Å². The second-order valence-corrected chi connectivity index (χ2v) is 3.90. The Balaban J connectivity index is 1.99. The molecule has 13 heavy (non-hydrogen) atoms. The van der Waals surface area contributed by atoms with E-state index in [9.17, 15) is 0 Å². The summed E-state index contributed by atoms with van der Waals surface area (Å²) in [6.07, 6.45) is 3.82. The fraction of sp³-hybridized carbons (Fsp3) is 1.00. The Morgan fingerprint density at radius 2 is 2.38 bits per heavy atom. The highest BCUT2D eigenvalue weighted by Gasteiger charge is 2.15. The van der Waals surface area contributed by atoms with Crippen LogP contribution in [0.4, 0.5) is 0 Å². The van der Waals surface area contributed by atoms with Gasteiger partial charge in [-0.1, -0.05) is 0 Å². The highest BCUT2D eigenvalue weighted by atomic mass is 16.5. The lowest BCUT2D eigenvalue weighted by Crippen LogP contribution is -2.35. The van der Waals surface area contributed by atoms with E-state index in [1.807, 2.05) is 0 Å². The monoisotopic (exact) mass is 186 g/mol. The molecular weight excluding hydrogens is 164 g/mol. The molecule has 0 bridgehead atoms. The molecule has 1 atom stereocenters. The summed E-state index contributed by atoms with van der Waals surface area (Å²) < 4.78 is 5.02. The van der Waals surface area contributed by atoms with Crippen LogP contribution in [0, 0.1) is 0 Å². The second-order valence-electron chi connectivity index (χ2n) is 3.90. The van der Waals surface area contributed by atoms with Crippen LogP contribution in [0.3, 0.4) is 0 Å². The third-order valence-electron chi connectivity index (χ3n) is 2.58. The van der Waals surface area contributed by atoms with Crippen LogP contribution in [0.2, 0.25) is 0 Å². The third kappa shape index (κ3) is 4.60. The molecule has 0 spiro atoms. The molecule has 1 fully saturated rings. The van der Waals surface area contributed by atoms with Gasteiger partial charge in [0.05, 0.1) is 0 Å². The summed E-state index contributed by atoms with van der Waals surface area (Å²) in [4.78, 5) is 2.39. The van der Waals surface area contributed by atoms with Crippen molar-refractivity contribution in [3.05, 3.63) is 0 Å². The Bertz CT molecular complexity index is 124. The minimum Gasteiger partial charge on any atom is -0.385 e. The average Bonchev–Trinajstić information content (AvgIpc) is 2.57. The molecule has 1 saturated heterocycles. The number of ether oxygens (including phenoxy) is 1. The van der Waals surface area contributed by atoms with E-state index in [2.05, 4.69) is 17.3 Å². The molecular formula is C10H22N2O. The maximum absolute atomic E-state index is 5.02. The summed E-state index contributed by atoms with van der Waals surface area (Å²) in [5.74, 6) is 0. The lowest BCUT2D eigenvalue weighted by molar-refractivity contribution is 0.177. The van der Waals surface area contributed by atoms with E-state index in [0.29, 0.717) is 0 Å². The molecule has 1 rings (SSSR count). The molecule has 1 unspecified atom stereocenters. The van der Waals surface area contributed by atoms with Crippen LogP contribution in [0.15, 0.2) is 0 Å². The number of methoxy groups -OCH3 is 1. The van der Waals surface area contributed by atoms with E-state index in [0.717, 1.165) is 25.6 Å². The lowest BCUT2D eigenvalue weighted by Gasteiger charge is -2.20. The van der Waals surface area contributed by atoms with E-state index in [1.165, 1.54) is 25.9 Å². The number of nitrogens with zero attached hydrogens (tertiary/aromatic N) is 1. The molecule has 0 saturated carbocycles. The van der Waals surface area contributed by atoms with Crippen molar-refractivity contribution < 1.29 is 4.74 Å². The number of likely N-dealkylation sites (N-methyl/N-ethyl adjacent to an activating group) is 1. The topological polar surface area (TPSA) is 24.5 Å². The first-order valence-corrected chi connectivity index (χ1v) is 5.24. The fourth-order valence-corrected chi connectivity index (χ4v) is 1.86. The normalized spacial score (nSPS) is 22.8. The van der Waals surface area contributed by atoms with Crippen LogP contribution < -0.4 is 5.32 Å². The number of nitrogens with one attached hydrogen (secondary N) is 1. The van der Waals surface area contributed by atoms with Gasteiger partial charge in [0.25, 0.3) is 0 Å². The summed E-state index contributed by atoms with van der Waals surface area (Å²) in [5.41, 5.74) is 0. The Kier molecular flexibility index (Phi) is 5.35. The van der Waals surface area contributed by atoms with Crippen molar-refractivity contribution >= 4 is 0 Å². The molecule has 0 aromatic carbocycles. The molecule has 3 heteroatoms. The van der Waals surface area contributed by atoms with Gasteiger partial charge in [0, 0.05) is 32.8 Å². The minimum absolute atomic E-state index is 0.729. The Morgan fingerprint density at radius 1 is 1.54 bits per heavy atom. The number of hydrogen-bond donors (Lipinski definition) is 1. The van der Waals surface area contributed by atoms with Crippen LogP contribution in [-0.2, 0) is 4.74 Å². The van der Waals surface area contributed by atoms with E-state index < -0.39 is 0 Å². The molecule has 78 valence electrons. The van der Waals surface area contributed by atoms with Gasteiger partial charge in [-0.2, -0.15) is 0 Å². The van der Waals surface area contributed by atoms with Gasteiger partial charge in [-0.3, -0.25) is 0 Å². The predicted molar refractivity (Wildman–Crippen MR) is 55.0 cm³/mol. The summed E-state index contributed by atoms with van der Waals surface area (Å²) in [6.45, 7) is 4.41. The minimum atomic E-state index is 0.729.